The Balaban J connectivity index is 3.07. The van der Waals surface area contributed by atoms with Gasteiger partial charge in [-0.15, -0.1) is 0 Å². The Morgan fingerprint density at radius 1 is 1.50 bits per heavy atom. The van der Waals surface area contributed by atoms with Gasteiger partial charge in [0.1, 0.15) is 11.5 Å². The van der Waals surface area contributed by atoms with Gasteiger partial charge in [0, 0.05) is 6.07 Å². The van der Waals surface area contributed by atoms with Crippen molar-refractivity contribution < 1.29 is 19.1 Å². The van der Waals surface area contributed by atoms with Crippen molar-refractivity contribution in [3.63, 3.8) is 0 Å². The highest BCUT2D eigenvalue weighted by atomic mass is 16.5. The third kappa shape index (κ3) is 2.73. The molecule has 16 heavy (non-hydrogen) atoms. The van der Waals surface area contributed by atoms with Crippen LogP contribution in [-0.2, 0) is 4.79 Å². The molecule has 1 aromatic carbocycles. The molecule has 0 radical (unpaired) electrons. The van der Waals surface area contributed by atoms with Crippen molar-refractivity contribution in [3.8, 4) is 11.5 Å². The first kappa shape index (κ1) is 12.0. The zero-order chi connectivity index (χ0) is 12.1. The fourth-order valence-electron chi connectivity index (χ4n) is 1.27. The van der Waals surface area contributed by atoms with Crippen LogP contribution in [-0.4, -0.2) is 25.9 Å². The number of rotatable bonds is 5. The second-order valence-electron chi connectivity index (χ2n) is 3.23. The smallest absolute Gasteiger partial charge is 0.255 e. The van der Waals surface area contributed by atoms with Gasteiger partial charge in [-0.1, -0.05) is 0 Å². The molecule has 5 nitrogen and oxygen atoms in total. The molecule has 1 rings (SSSR count). The molecule has 0 aromatic heterocycles. The van der Waals surface area contributed by atoms with Crippen molar-refractivity contribution in [1.82, 2.24) is 0 Å². The topological polar surface area (TPSA) is 78.6 Å². The van der Waals surface area contributed by atoms with Crippen molar-refractivity contribution in [2.24, 2.45) is 5.73 Å². The van der Waals surface area contributed by atoms with Crippen LogP contribution in [0.2, 0.25) is 0 Å². The van der Waals surface area contributed by atoms with Crippen LogP contribution in [0.5, 0.6) is 11.5 Å². The van der Waals surface area contributed by atoms with Crippen LogP contribution in [0.15, 0.2) is 12.1 Å². The van der Waals surface area contributed by atoms with E-state index >= 15 is 0 Å². The van der Waals surface area contributed by atoms with Gasteiger partial charge in [0.2, 0.25) is 0 Å². The van der Waals surface area contributed by atoms with Crippen LogP contribution in [0.3, 0.4) is 0 Å². The number of benzene rings is 1. The summed E-state index contributed by atoms with van der Waals surface area (Å²) in [5.74, 6) is 0.255. The van der Waals surface area contributed by atoms with Crippen molar-refractivity contribution in [3.05, 3.63) is 23.3 Å². The van der Waals surface area contributed by atoms with E-state index in [0.717, 1.165) is 0 Å². The minimum atomic E-state index is -0.600. The zero-order valence-corrected chi connectivity index (χ0v) is 9.15. The molecule has 2 N–H and O–H groups in total. The van der Waals surface area contributed by atoms with Gasteiger partial charge in [-0.25, -0.2) is 0 Å². The number of hydrogen-bond donors (Lipinski definition) is 1. The molecule has 0 spiro atoms. The van der Waals surface area contributed by atoms with Gasteiger partial charge >= 0.3 is 0 Å². The molecule has 5 heteroatoms. The number of aldehydes is 1. The molecule has 0 aliphatic rings. The Hall–Kier alpha value is -2.04. The van der Waals surface area contributed by atoms with E-state index in [1.807, 2.05) is 0 Å². The molecule has 1 amide bonds. The molecule has 0 fully saturated rings. The van der Waals surface area contributed by atoms with E-state index in [2.05, 4.69) is 0 Å². The Bertz CT molecular complexity index is 415. The van der Waals surface area contributed by atoms with Crippen LogP contribution in [0, 0.1) is 6.92 Å². The minimum absolute atomic E-state index is 0.270. The van der Waals surface area contributed by atoms with Crippen molar-refractivity contribution in [1.29, 1.82) is 0 Å². The summed E-state index contributed by atoms with van der Waals surface area (Å²) in [7, 11) is 1.51. The van der Waals surface area contributed by atoms with Gasteiger partial charge in [0.25, 0.3) is 5.91 Å². The third-order valence-corrected chi connectivity index (χ3v) is 2.05. The predicted molar refractivity (Wildman–Crippen MR) is 57.8 cm³/mol. The highest BCUT2D eigenvalue weighted by Gasteiger charge is 2.10. The third-order valence-electron chi connectivity index (χ3n) is 2.05. The second kappa shape index (κ2) is 5.16. The summed E-state index contributed by atoms with van der Waals surface area (Å²) in [5, 5.41) is 0. The summed E-state index contributed by atoms with van der Waals surface area (Å²) in [5.41, 5.74) is 6.06. The molecule has 0 aliphatic heterocycles. The van der Waals surface area contributed by atoms with E-state index in [-0.39, 0.29) is 6.61 Å². The number of carbonyl (C=O) groups excluding carboxylic acids is 2. The summed E-state index contributed by atoms with van der Waals surface area (Å²) in [4.78, 5) is 21.4. The maximum absolute atomic E-state index is 10.9. The monoisotopic (exact) mass is 223 g/mol. The average Bonchev–Trinajstić information content (AvgIpc) is 2.25. The number of ether oxygens (including phenoxy) is 2. The van der Waals surface area contributed by atoms with E-state index in [1.54, 1.807) is 19.1 Å². The number of hydrogen-bond acceptors (Lipinski definition) is 4. The molecule has 0 saturated heterocycles. The SMILES string of the molecule is COc1cc(C)c(C=O)c(OCC(N)=O)c1. The van der Waals surface area contributed by atoms with Crippen molar-refractivity contribution in [2.45, 2.75) is 6.92 Å². The van der Waals surface area contributed by atoms with Gasteiger partial charge in [-0.3, -0.25) is 9.59 Å². The number of carbonyl (C=O) groups is 2. The molecule has 0 unspecified atom stereocenters. The maximum atomic E-state index is 10.9. The molecule has 0 atom stereocenters. The first-order chi connectivity index (χ1) is 7.58. The number of methoxy groups -OCH3 is 1. The Morgan fingerprint density at radius 3 is 2.69 bits per heavy atom. The summed E-state index contributed by atoms with van der Waals surface area (Å²) in [6, 6.07) is 3.25. The van der Waals surface area contributed by atoms with Gasteiger partial charge in [0.15, 0.2) is 12.9 Å². The molecule has 0 aliphatic carbocycles. The quantitative estimate of drug-likeness (QED) is 0.744. The van der Waals surface area contributed by atoms with E-state index in [4.69, 9.17) is 15.2 Å². The van der Waals surface area contributed by atoms with Gasteiger partial charge in [0.05, 0.1) is 12.7 Å². The van der Waals surface area contributed by atoms with Crippen LogP contribution in [0.25, 0.3) is 0 Å². The number of nitrogens with two attached hydrogens (primary N) is 1. The highest BCUT2D eigenvalue weighted by molar-refractivity contribution is 5.83. The zero-order valence-electron chi connectivity index (χ0n) is 9.15. The van der Waals surface area contributed by atoms with Crippen LogP contribution < -0.4 is 15.2 Å². The molecule has 0 bridgehead atoms. The van der Waals surface area contributed by atoms with Crippen LogP contribution >= 0.6 is 0 Å². The fourth-order valence-corrected chi connectivity index (χ4v) is 1.27. The molecular weight excluding hydrogens is 210 g/mol. The number of aryl methyl sites for hydroxylation is 1. The lowest BCUT2D eigenvalue weighted by molar-refractivity contribution is -0.119. The molecule has 86 valence electrons. The number of amides is 1. The normalized spacial score (nSPS) is 9.62. The predicted octanol–water partition coefficient (Wildman–Crippen LogP) is 0.680. The Morgan fingerprint density at radius 2 is 2.19 bits per heavy atom. The van der Waals surface area contributed by atoms with Gasteiger partial charge in [-0.05, 0) is 18.6 Å². The first-order valence-electron chi connectivity index (χ1n) is 4.63. The average molecular weight is 223 g/mol. The summed E-state index contributed by atoms with van der Waals surface area (Å²) < 4.78 is 10.2. The number of primary amides is 1. The van der Waals surface area contributed by atoms with Crippen molar-refractivity contribution >= 4 is 12.2 Å². The van der Waals surface area contributed by atoms with Crippen LogP contribution in [0.1, 0.15) is 15.9 Å². The first-order valence-corrected chi connectivity index (χ1v) is 4.63. The van der Waals surface area contributed by atoms with E-state index < -0.39 is 5.91 Å². The lowest BCUT2D eigenvalue weighted by Gasteiger charge is -2.11. The van der Waals surface area contributed by atoms with Gasteiger partial charge in [-0.2, -0.15) is 0 Å². The Kier molecular flexibility index (Phi) is 3.88. The summed E-state index contributed by atoms with van der Waals surface area (Å²) >= 11 is 0. The van der Waals surface area contributed by atoms with Crippen molar-refractivity contribution in [2.75, 3.05) is 13.7 Å². The standard InChI is InChI=1S/C11H13NO4/c1-7-3-8(15-2)4-10(9(7)5-13)16-6-11(12)14/h3-5H,6H2,1-2H3,(H2,12,14). The summed E-state index contributed by atoms with van der Waals surface area (Å²) in [6.07, 6.45) is 0.672. The fraction of sp³-hybridized carbons (Fsp3) is 0.273. The van der Waals surface area contributed by atoms with E-state index in [1.165, 1.54) is 7.11 Å². The Labute approximate surface area is 93.1 Å². The maximum Gasteiger partial charge on any atom is 0.255 e. The molecular formula is C11H13NO4. The largest absolute Gasteiger partial charge is 0.497 e. The van der Waals surface area contributed by atoms with Gasteiger partial charge < -0.3 is 15.2 Å². The lowest BCUT2D eigenvalue weighted by Crippen LogP contribution is -2.20. The van der Waals surface area contributed by atoms with E-state index in [9.17, 15) is 9.59 Å². The second-order valence-corrected chi connectivity index (χ2v) is 3.23. The molecule has 1 aromatic rings. The highest BCUT2D eigenvalue weighted by Crippen LogP contribution is 2.27. The molecule has 0 saturated carbocycles. The minimum Gasteiger partial charge on any atom is -0.497 e. The van der Waals surface area contributed by atoms with Crippen LogP contribution in [0.4, 0.5) is 0 Å². The summed E-state index contributed by atoms with van der Waals surface area (Å²) in [6.45, 7) is 1.48. The lowest BCUT2D eigenvalue weighted by atomic mass is 10.1. The molecule has 0 heterocycles. The van der Waals surface area contributed by atoms with E-state index in [0.29, 0.717) is 28.9 Å².